The third-order valence-electron chi connectivity index (χ3n) is 5.75. The van der Waals surface area contributed by atoms with E-state index in [9.17, 15) is 12.8 Å². The molecule has 11 heteroatoms. The van der Waals surface area contributed by atoms with Crippen LogP contribution in [0.3, 0.4) is 0 Å². The normalized spacial score (nSPS) is 16.0. The predicted octanol–water partition coefficient (Wildman–Crippen LogP) is 5.11. The zero-order valence-corrected chi connectivity index (χ0v) is 21.2. The minimum Gasteiger partial charge on any atom is -0.272 e. The summed E-state index contributed by atoms with van der Waals surface area (Å²) in [6.45, 7) is 2.18. The third kappa shape index (κ3) is 4.55. The number of hydrogen-bond donors (Lipinski definition) is 1. The minimum atomic E-state index is -4.48. The van der Waals surface area contributed by atoms with Crippen LogP contribution in [0, 0.1) is 12.7 Å². The van der Waals surface area contributed by atoms with Gasteiger partial charge in [-0.25, -0.2) is 18.3 Å². The lowest BCUT2D eigenvalue weighted by atomic mass is 10.0. The van der Waals surface area contributed by atoms with Crippen LogP contribution in [0.4, 0.5) is 4.39 Å². The summed E-state index contributed by atoms with van der Waals surface area (Å²) in [7, 11) is -4.48. The van der Waals surface area contributed by atoms with Crippen LogP contribution in [0.5, 0.6) is 0 Å². The molecule has 0 fully saturated rings. The van der Waals surface area contributed by atoms with E-state index >= 15 is 0 Å². The predicted molar refractivity (Wildman–Crippen MR) is 136 cm³/mol. The molecule has 1 atom stereocenters. The number of rotatable bonds is 5. The van der Waals surface area contributed by atoms with Gasteiger partial charge in [0.25, 0.3) is 0 Å². The number of nitrogens with zero attached hydrogens (tertiary/aromatic N) is 3. The molecule has 5 rings (SSSR count). The Balaban J connectivity index is 1.66. The SMILES string of the molecule is Cc1ccc(CC2CONC(c3c(S(=O)(=O)c4cccc(Cl)c4F)nnc4ccccc34)=N2)c(Cl)c1. The van der Waals surface area contributed by atoms with Crippen molar-refractivity contribution in [3.8, 4) is 0 Å². The largest absolute Gasteiger partial charge is 0.272 e. The molecule has 0 saturated heterocycles. The summed E-state index contributed by atoms with van der Waals surface area (Å²) >= 11 is 12.3. The molecule has 3 aromatic carbocycles. The molecule has 184 valence electrons. The van der Waals surface area contributed by atoms with Gasteiger partial charge in [-0.05, 0) is 48.7 Å². The molecule has 0 spiro atoms. The van der Waals surface area contributed by atoms with E-state index in [0.29, 0.717) is 22.3 Å². The number of aromatic nitrogens is 2. The summed E-state index contributed by atoms with van der Waals surface area (Å²) < 4.78 is 42.0. The Labute approximate surface area is 216 Å². The number of fused-ring (bicyclic) bond motifs is 1. The third-order valence-corrected chi connectivity index (χ3v) is 8.09. The lowest BCUT2D eigenvalue weighted by Crippen LogP contribution is -2.37. The summed E-state index contributed by atoms with van der Waals surface area (Å²) in [6, 6.07) is 16.0. The summed E-state index contributed by atoms with van der Waals surface area (Å²) in [5, 5.41) is 8.33. The van der Waals surface area contributed by atoms with E-state index in [2.05, 4.69) is 15.7 Å². The highest BCUT2D eigenvalue weighted by Crippen LogP contribution is 2.31. The van der Waals surface area contributed by atoms with Crippen molar-refractivity contribution in [2.24, 2.45) is 4.99 Å². The minimum absolute atomic E-state index is 0.125. The van der Waals surface area contributed by atoms with Gasteiger partial charge in [-0.3, -0.25) is 9.83 Å². The summed E-state index contributed by atoms with van der Waals surface area (Å²) in [5.41, 5.74) is 5.20. The average molecular weight is 545 g/mol. The van der Waals surface area contributed by atoms with Crippen molar-refractivity contribution in [1.82, 2.24) is 15.7 Å². The summed E-state index contributed by atoms with van der Waals surface area (Å²) in [6.07, 6.45) is 0.464. The van der Waals surface area contributed by atoms with Gasteiger partial charge in [0.1, 0.15) is 4.90 Å². The molecule has 0 saturated carbocycles. The second kappa shape index (κ2) is 9.74. The molecule has 36 heavy (non-hydrogen) atoms. The Morgan fingerprint density at radius 2 is 1.86 bits per heavy atom. The first kappa shape index (κ1) is 24.6. The standard InChI is InChI=1S/C25H19Cl2FN4O3S/c1-14-9-10-15(19(27)11-14)12-16-13-35-32-24(29-16)22-17-5-2-3-7-20(17)30-31-25(22)36(33,34)21-8-4-6-18(26)23(21)28/h2-11,16H,12-13H2,1H3,(H,29,32). The molecule has 1 aromatic heterocycles. The maximum absolute atomic E-state index is 14.8. The monoisotopic (exact) mass is 544 g/mol. The Bertz CT molecular complexity index is 1630. The van der Waals surface area contributed by atoms with Crippen LogP contribution in [0.2, 0.25) is 10.0 Å². The molecule has 4 aromatic rings. The van der Waals surface area contributed by atoms with Crippen LogP contribution in [0.1, 0.15) is 16.7 Å². The van der Waals surface area contributed by atoms with Crippen molar-refractivity contribution in [3.05, 3.63) is 93.2 Å². The number of amidine groups is 1. The zero-order chi connectivity index (χ0) is 25.4. The zero-order valence-electron chi connectivity index (χ0n) is 18.9. The number of aryl methyl sites for hydroxylation is 1. The first-order valence-corrected chi connectivity index (χ1v) is 13.1. The molecule has 0 aliphatic carbocycles. The molecule has 1 aliphatic heterocycles. The van der Waals surface area contributed by atoms with E-state index in [-0.39, 0.29) is 29.1 Å². The quantitative estimate of drug-likeness (QED) is 0.375. The van der Waals surface area contributed by atoms with Gasteiger partial charge in [-0.2, -0.15) is 0 Å². The van der Waals surface area contributed by atoms with Crippen LogP contribution in [-0.4, -0.2) is 37.1 Å². The maximum Gasteiger partial charge on any atom is 0.229 e. The van der Waals surface area contributed by atoms with E-state index in [0.717, 1.165) is 17.2 Å². The fourth-order valence-corrected chi connectivity index (χ4v) is 5.97. The van der Waals surface area contributed by atoms with Gasteiger partial charge in [0.2, 0.25) is 9.84 Å². The number of benzene rings is 3. The van der Waals surface area contributed by atoms with Gasteiger partial charge in [0, 0.05) is 10.4 Å². The summed E-state index contributed by atoms with van der Waals surface area (Å²) in [4.78, 5) is 9.72. The van der Waals surface area contributed by atoms with Crippen LogP contribution in [0.15, 0.2) is 75.6 Å². The topological polar surface area (TPSA) is 93.5 Å². The second-order valence-corrected chi connectivity index (χ2v) is 10.9. The molecule has 1 unspecified atom stereocenters. The molecule has 0 radical (unpaired) electrons. The molecule has 0 bridgehead atoms. The fourth-order valence-electron chi connectivity index (χ4n) is 3.99. The maximum atomic E-state index is 14.8. The van der Waals surface area contributed by atoms with E-state index in [1.807, 2.05) is 25.1 Å². The van der Waals surface area contributed by atoms with Crippen molar-refractivity contribution in [1.29, 1.82) is 0 Å². The van der Waals surface area contributed by atoms with Gasteiger partial charge in [0.15, 0.2) is 16.7 Å². The van der Waals surface area contributed by atoms with Crippen molar-refractivity contribution < 1.29 is 17.6 Å². The van der Waals surface area contributed by atoms with Gasteiger partial charge >= 0.3 is 0 Å². The number of hydrogen-bond acceptors (Lipinski definition) is 7. The Kier molecular flexibility index (Phi) is 6.65. The average Bonchev–Trinajstić information content (AvgIpc) is 2.86. The molecule has 7 nitrogen and oxygen atoms in total. The van der Waals surface area contributed by atoms with E-state index in [4.69, 9.17) is 33.0 Å². The first-order chi connectivity index (χ1) is 17.3. The number of aliphatic imine (C=N–C) groups is 1. The molecular formula is C25H19Cl2FN4O3S. The van der Waals surface area contributed by atoms with Crippen molar-refractivity contribution in [2.45, 2.75) is 29.3 Å². The smallest absolute Gasteiger partial charge is 0.229 e. The van der Waals surface area contributed by atoms with Gasteiger partial charge in [-0.15, -0.1) is 10.2 Å². The fraction of sp³-hybridized carbons (Fsp3) is 0.160. The number of halogens is 3. The van der Waals surface area contributed by atoms with Crippen molar-refractivity contribution >= 4 is 49.8 Å². The molecule has 1 aliphatic rings. The summed E-state index contributed by atoms with van der Waals surface area (Å²) in [5.74, 6) is -0.927. The van der Waals surface area contributed by atoms with E-state index in [1.165, 1.54) is 12.1 Å². The Hall–Kier alpha value is -3.11. The lowest BCUT2D eigenvalue weighted by Gasteiger charge is -2.24. The Morgan fingerprint density at radius 3 is 2.67 bits per heavy atom. The van der Waals surface area contributed by atoms with Crippen molar-refractivity contribution in [3.63, 3.8) is 0 Å². The van der Waals surface area contributed by atoms with Crippen LogP contribution in [-0.2, 0) is 21.1 Å². The van der Waals surface area contributed by atoms with Gasteiger partial charge in [0.05, 0.1) is 28.8 Å². The second-order valence-electron chi connectivity index (χ2n) is 8.30. The molecule has 2 heterocycles. The highest BCUT2D eigenvalue weighted by molar-refractivity contribution is 7.91. The first-order valence-electron chi connectivity index (χ1n) is 10.9. The van der Waals surface area contributed by atoms with E-state index in [1.54, 1.807) is 24.3 Å². The van der Waals surface area contributed by atoms with E-state index < -0.39 is 25.6 Å². The van der Waals surface area contributed by atoms with Crippen molar-refractivity contribution in [2.75, 3.05) is 6.61 Å². The molecular weight excluding hydrogens is 526 g/mol. The molecule has 0 amide bonds. The van der Waals surface area contributed by atoms with Gasteiger partial charge in [-0.1, -0.05) is 59.6 Å². The van der Waals surface area contributed by atoms with Crippen LogP contribution >= 0.6 is 23.2 Å². The highest BCUT2D eigenvalue weighted by atomic mass is 35.5. The molecule has 1 N–H and O–H groups in total. The van der Waals surface area contributed by atoms with Gasteiger partial charge < -0.3 is 0 Å². The number of sulfone groups is 1. The van der Waals surface area contributed by atoms with Crippen LogP contribution in [0.25, 0.3) is 10.9 Å². The Morgan fingerprint density at radius 1 is 1.06 bits per heavy atom. The van der Waals surface area contributed by atoms with Crippen LogP contribution < -0.4 is 5.48 Å². The number of hydroxylamine groups is 1. The lowest BCUT2D eigenvalue weighted by molar-refractivity contribution is 0.0623. The number of nitrogens with one attached hydrogen (secondary N) is 1. The highest BCUT2D eigenvalue weighted by Gasteiger charge is 2.32.